The van der Waals surface area contributed by atoms with Crippen LogP contribution in [0.1, 0.15) is 30.0 Å². The van der Waals surface area contributed by atoms with Gasteiger partial charge in [-0.1, -0.05) is 30.3 Å². The second-order valence-corrected chi connectivity index (χ2v) is 7.12. The van der Waals surface area contributed by atoms with Gasteiger partial charge >= 0.3 is 0 Å². The lowest BCUT2D eigenvalue weighted by molar-refractivity contribution is 0.165. The number of hydrogen-bond donors (Lipinski definition) is 1. The van der Waals surface area contributed by atoms with E-state index in [0.29, 0.717) is 25.0 Å². The third-order valence-corrected chi connectivity index (χ3v) is 5.32. The molecule has 0 amide bonds. The average Bonchev–Trinajstić information content (AvgIpc) is 3.25. The fourth-order valence-electron chi connectivity index (χ4n) is 3.97. The molecular weight excluding hydrogens is 340 g/mol. The lowest BCUT2D eigenvalue weighted by Gasteiger charge is -2.28. The quantitative estimate of drug-likeness (QED) is 0.811. The summed E-state index contributed by atoms with van der Waals surface area (Å²) >= 11 is 0. The van der Waals surface area contributed by atoms with Crippen LogP contribution in [0.2, 0.25) is 0 Å². The van der Waals surface area contributed by atoms with Gasteiger partial charge in [-0.3, -0.25) is 4.90 Å². The highest BCUT2D eigenvalue weighted by molar-refractivity contribution is 5.54. The lowest BCUT2D eigenvalue weighted by atomic mass is 10.1. The largest absolute Gasteiger partial charge is 0.493 e. The van der Waals surface area contributed by atoms with Crippen molar-refractivity contribution in [1.29, 1.82) is 0 Å². The van der Waals surface area contributed by atoms with Gasteiger partial charge in [0, 0.05) is 19.1 Å². The lowest BCUT2D eigenvalue weighted by Crippen LogP contribution is -2.34. The van der Waals surface area contributed by atoms with E-state index < -0.39 is 0 Å². The molecule has 2 heterocycles. The number of nitrogens with zero attached hydrogens (tertiary/aromatic N) is 1. The Hall–Kier alpha value is -2.24. The van der Waals surface area contributed by atoms with Crippen molar-refractivity contribution in [2.24, 2.45) is 0 Å². The molecule has 1 fully saturated rings. The summed E-state index contributed by atoms with van der Waals surface area (Å²) in [5.74, 6) is 2.23. The first-order valence-corrected chi connectivity index (χ1v) is 9.81. The fraction of sp³-hybridized carbons (Fsp3) is 0.455. The van der Waals surface area contributed by atoms with E-state index in [1.54, 1.807) is 7.11 Å². The summed E-state index contributed by atoms with van der Waals surface area (Å²) < 4.78 is 16.9. The van der Waals surface area contributed by atoms with Gasteiger partial charge in [0.2, 0.25) is 5.75 Å². The molecule has 2 aromatic carbocycles. The Bertz CT molecular complexity index is 727. The molecule has 27 heavy (non-hydrogen) atoms. The standard InChI is InChI=1S/C22H28N2O3/c1-25-20-13-17(14-21-22(20)27-12-11-26-21)15-23-16-19(24-9-5-6-10-24)18-7-3-2-4-8-18/h2-4,7-8,13-14,19,23H,5-6,9-12,15-16H2,1H3. The van der Waals surface area contributed by atoms with Crippen molar-refractivity contribution in [1.82, 2.24) is 10.2 Å². The molecule has 0 bridgehead atoms. The molecule has 5 heteroatoms. The van der Waals surface area contributed by atoms with E-state index in [1.807, 2.05) is 6.07 Å². The Kier molecular flexibility index (Phi) is 5.80. The molecule has 1 saturated heterocycles. The third-order valence-electron chi connectivity index (χ3n) is 5.32. The van der Waals surface area contributed by atoms with E-state index in [-0.39, 0.29) is 0 Å². The van der Waals surface area contributed by atoms with E-state index in [2.05, 4.69) is 46.6 Å². The molecule has 1 atom stereocenters. The minimum atomic E-state index is 0.410. The Morgan fingerprint density at radius 1 is 1.07 bits per heavy atom. The molecule has 0 spiro atoms. The van der Waals surface area contributed by atoms with E-state index >= 15 is 0 Å². The van der Waals surface area contributed by atoms with Gasteiger partial charge in [0.25, 0.3) is 0 Å². The Labute approximate surface area is 161 Å². The van der Waals surface area contributed by atoms with Gasteiger partial charge in [0.15, 0.2) is 11.5 Å². The van der Waals surface area contributed by atoms with Gasteiger partial charge in [-0.05, 0) is 49.2 Å². The maximum Gasteiger partial charge on any atom is 0.203 e. The van der Waals surface area contributed by atoms with Crippen molar-refractivity contribution in [3.63, 3.8) is 0 Å². The van der Waals surface area contributed by atoms with Crippen molar-refractivity contribution >= 4 is 0 Å². The molecule has 2 aliphatic heterocycles. The predicted octanol–water partition coefficient (Wildman–Crippen LogP) is 3.39. The van der Waals surface area contributed by atoms with Crippen molar-refractivity contribution in [3.8, 4) is 17.2 Å². The van der Waals surface area contributed by atoms with Crippen LogP contribution >= 0.6 is 0 Å². The number of benzene rings is 2. The first-order valence-electron chi connectivity index (χ1n) is 9.81. The van der Waals surface area contributed by atoms with Crippen LogP contribution in [0, 0.1) is 0 Å². The molecule has 4 rings (SSSR count). The molecule has 1 unspecified atom stereocenters. The molecule has 2 aliphatic rings. The number of fused-ring (bicyclic) bond motifs is 1. The highest BCUT2D eigenvalue weighted by atomic mass is 16.6. The van der Waals surface area contributed by atoms with E-state index in [0.717, 1.165) is 30.2 Å². The Morgan fingerprint density at radius 2 is 1.85 bits per heavy atom. The molecular formula is C22H28N2O3. The van der Waals surface area contributed by atoms with Gasteiger partial charge in [-0.2, -0.15) is 0 Å². The van der Waals surface area contributed by atoms with Crippen LogP contribution in [0.15, 0.2) is 42.5 Å². The van der Waals surface area contributed by atoms with Gasteiger partial charge in [-0.25, -0.2) is 0 Å². The van der Waals surface area contributed by atoms with Crippen molar-refractivity contribution in [2.45, 2.75) is 25.4 Å². The van der Waals surface area contributed by atoms with Crippen molar-refractivity contribution < 1.29 is 14.2 Å². The summed E-state index contributed by atoms with van der Waals surface area (Å²) in [6.45, 7) is 5.19. The third kappa shape index (κ3) is 4.20. The summed E-state index contributed by atoms with van der Waals surface area (Å²) in [6, 6.07) is 15.3. The zero-order valence-corrected chi connectivity index (χ0v) is 15.9. The van der Waals surface area contributed by atoms with E-state index in [4.69, 9.17) is 14.2 Å². The minimum Gasteiger partial charge on any atom is -0.493 e. The summed E-state index contributed by atoms with van der Waals surface area (Å²) in [5.41, 5.74) is 2.52. The van der Waals surface area contributed by atoms with E-state index in [1.165, 1.54) is 31.5 Å². The molecule has 0 aromatic heterocycles. The summed E-state index contributed by atoms with van der Waals surface area (Å²) in [4.78, 5) is 2.59. The molecule has 0 aliphatic carbocycles. The number of nitrogens with one attached hydrogen (secondary N) is 1. The Balaban J connectivity index is 1.44. The summed E-state index contributed by atoms with van der Waals surface area (Å²) in [6.07, 6.45) is 2.59. The normalized spacial score (nSPS) is 17.7. The number of ether oxygens (including phenoxy) is 3. The molecule has 144 valence electrons. The Morgan fingerprint density at radius 3 is 2.63 bits per heavy atom. The van der Waals surface area contributed by atoms with Gasteiger partial charge < -0.3 is 19.5 Å². The molecule has 0 saturated carbocycles. The first kappa shape index (κ1) is 18.1. The summed E-state index contributed by atoms with van der Waals surface area (Å²) in [5, 5.41) is 3.64. The monoisotopic (exact) mass is 368 g/mol. The number of likely N-dealkylation sites (tertiary alicyclic amines) is 1. The zero-order chi connectivity index (χ0) is 18.5. The molecule has 0 radical (unpaired) electrons. The number of hydrogen-bond acceptors (Lipinski definition) is 5. The van der Waals surface area contributed by atoms with Crippen molar-refractivity contribution in [3.05, 3.63) is 53.6 Å². The zero-order valence-electron chi connectivity index (χ0n) is 15.9. The predicted molar refractivity (Wildman–Crippen MR) is 106 cm³/mol. The average molecular weight is 368 g/mol. The van der Waals surface area contributed by atoms with Crippen LogP contribution in [0.3, 0.4) is 0 Å². The van der Waals surface area contributed by atoms with Crippen LogP contribution < -0.4 is 19.5 Å². The maximum atomic E-state index is 5.74. The van der Waals surface area contributed by atoms with Gasteiger partial charge in [-0.15, -0.1) is 0 Å². The molecule has 5 nitrogen and oxygen atoms in total. The smallest absolute Gasteiger partial charge is 0.203 e. The topological polar surface area (TPSA) is 43.0 Å². The van der Waals surface area contributed by atoms with Crippen LogP contribution in [-0.4, -0.2) is 44.9 Å². The fourth-order valence-corrected chi connectivity index (χ4v) is 3.97. The van der Waals surface area contributed by atoms with Gasteiger partial charge in [0.05, 0.1) is 7.11 Å². The van der Waals surface area contributed by atoms with Crippen molar-refractivity contribution in [2.75, 3.05) is 40.0 Å². The molecule has 1 N–H and O–H groups in total. The second-order valence-electron chi connectivity index (χ2n) is 7.12. The highest BCUT2D eigenvalue weighted by Gasteiger charge is 2.23. The first-order chi connectivity index (χ1) is 13.3. The van der Waals surface area contributed by atoms with E-state index in [9.17, 15) is 0 Å². The van der Waals surface area contributed by atoms with Gasteiger partial charge in [0.1, 0.15) is 13.2 Å². The minimum absolute atomic E-state index is 0.410. The highest BCUT2D eigenvalue weighted by Crippen LogP contribution is 2.40. The molecule has 2 aromatic rings. The maximum absolute atomic E-state index is 5.74. The van der Waals surface area contributed by atoms with Crippen LogP contribution in [0.4, 0.5) is 0 Å². The van der Waals surface area contributed by atoms with Crippen LogP contribution in [0.25, 0.3) is 0 Å². The SMILES string of the molecule is COc1cc(CNCC(c2ccccc2)N2CCCC2)cc2c1OCCO2. The second kappa shape index (κ2) is 8.63. The number of methoxy groups -OCH3 is 1. The van der Waals surface area contributed by atoms with Crippen LogP contribution in [-0.2, 0) is 6.54 Å². The summed E-state index contributed by atoms with van der Waals surface area (Å²) in [7, 11) is 1.67. The van der Waals surface area contributed by atoms with Crippen LogP contribution in [0.5, 0.6) is 17.2 Å². The number of rotatable bonds is 7.